The third-order valence-corrected chi connectivity index (χ3v) is 5.67. The van der Waals surface area contributed by atoms with Gasteiger partial charge >= 0.3 is 0 Å². The highest BCUT2D eigenvalue weighted by molar-refractivity contribution is 6.00. The van der Waals surface area contributed by atoms with Gasteiger partial charge in [0.2, 0.25) is 0 Å². The van der Waals surface area contributed by atoms with Gasteiger partial charge in [-0.3, -0.25) is 4.79 Å². The van der Waals surface area contributed by atoms with Gasteiger partial charge in [-0.05, 0) is 38.0 Å². The topological polar surface area (TPSA) is 48.9 Å². The van der Waals surface area contributed by atoms with Gasteiger partial charge in [0, 0.05) is 57.2 Å². The van der Waals surface area contributed by atoms with Gasteiger partial charge in [-0.25, -0.2) is 4.98 Å². The van der Waals surface area contributed by atoms with Gasteiger partial charge in [0.25, 0.3) is 5.91 Å². The van der Waals surface area contributed by atoms with Crippen molar-refractivity contribution >= 4 is 17.4 Å². The van der Waals surface area contributed by atoms with E-state index in [-0.39, 0.29) is 5.91 Å². The van der Waals surface area contributed by atoms with Crippen LogP contribution in [0.25, 0.3) is 0 Å². The van der Waals surface area contributed by atoms with E-state index in [0.717, 1.165) is 54.6 Å². The number of benzene rings is 1. The van der Waals surface area contributed by atoms with Crippen LogP contribution in [0.5, 0.6) is 5.75 Å². The molecule has 2 fully saturated rings. The molecule has 2 aliphatic rings. The summed E-state index contributed by atoms with van der Waals surface area (Å²) in [5, 5.41) is 0. The molecule has 6 heteroatoms. The standard InChI is InChI=1S/C22H28N4O2/c1-17-5-6-20(24-9-3-4-10-24)19(15-17)22(27)26-13-11-25(12-14-26)21-16-18(28-2)7-8-23-21/h5-8,15-16H,3-4,9-14H2,1-2H3. The minimum atomic E-state index is 0.142. The Morgan fingerprint density at radius 3 is 2.43 bits per heavy atom. The first-order chi connectivity index (χ1) is 13.7. The lowest BCUT2D eigenvalue weighted by atomic mass is 10.1. The second-order valence-corrected chi connectivity index (χ2v) is 7.55. The molecule has 2 saturated heterocycles. The van der Waals surface area contributed by atoms with E-state index >= 15 is 0 Å². The van der Waals surface area contributed by atoms with E-state index in [1.807, 2.05) is 23.1 Å². The molecule has 6 nitrogen and oxygen atoms in total. The van der Waals surface area contributed by atoms with E-state index in [0.29, 0.717) is 13.1 Å². The molecular formula is C22H28N4O2. The van der Waals surface area contributed by atoms with Crippen LogP contribution in [0.4, 0.5) is 11.5 Å². The first-order valence-corrected chi connectivity index (χ1v) is 10.1. The van der Waals surface area contributed by atoms with E-state index in [1.54, 1.807) is 13.3 Å². The number of aryl methyl sites for hydroxylation is 1. The van der Waals surface area contributed by atoms with Crippen molar-refractivity contribution in [2.24, 2.45) is 0 Å². The van der Waals surface area contributed by atoms with Gasteiger partial charge in [-0.1, -0.05) is 11.6 Å². The predicted molar refractivity (Wildman–Crippen MR) is 112 cm³/mol. The van der Waals surface area contributed by atoms with E-state index in [9.17, 15) is 4.79 Å². The molecule has 4 rings (SSSR count). The highest BCUT2D eigenvalue weighted by Crippen LogP contribution is 2.27. The first-order valence-electron chi connectivity index (χ1n) is 10.1. The second-order valence-electron chi connectivity index (χ2n) is 7.55. The van der Waals surface area contributed by atoms with E-state index < -0.39 is 0 Å². The van der Waals surface area contributed by atoms with E-state index in [1.165, 1.54) is 12.8 Å². The SMILES string of the molecule is COc1ccnc(N2CCN(C(=O)c3cc(C)ccc3N3CCCC3)CC2)c1. The van der Waals surface area contributed by atoms with Crippen LogP contribution in [0.1, 0.15) is 28.8 Å². The number of rotatable bonds is 4. The zero-order chi connectivity index (χ0) is 19.5. The zero-order valence-corrected chi connectivity index (χ0v) is 16.7. The summed E-state index contributed by atoms with van der Waals surface area (Å²) >= 11 is 0. The number of piperazine rings is 1. The Kier molecular flexibility index (Phi) is 5.37. The molecule has 0 unspecified atom stereocenters. The van der Waals surface area contributed by atoms with Gasteiger partial charge in [0.15, 0.2) is 0 Å². The fourth-order valence-electron chi connectivity index (χ4n) is 4.06. The normalized spacial score (nSPS) is 17.1. The third kappa shape index (κ3) is 3.77. The van der Waals surface area contributed by atoms with Crippen molar-refractivity contribution < 1.29 is 9.53 Å². The largest absolute Gasteiger partial charge is 0.497 e. The van der Waals surface area contributed by atoms with Crippen LogP contribution in [0.2, 0.25) is 0 Å². The Bertz CT molecular complexity index is 840. The third-order valence-electron chi connectivity index (χ3n) is 5.67. The number of carbonyl (C=O) groups excluding carboxylic acids is 1. The Morgan fingerprint density at radius 1 is 0.964 bits per heavy atom. The Morgan fingerprint density at radius 2 is 1.71 bits per heavy atom. The maximum Gasteiger partial charge on any atom is 0.256 e. The number of carbonyl (C=O) groups is 1. The molecule has 1 aromatic heterocycles. The Balaban J connectivity index is 1.47. The fraction of sp³-hybridized carbons (Fsp3) is 0.455. The highest BCUT2D eigenvalue weighted by atomic mass is 16.5. The first kappa shape index (κ1) is 18.6. The quantitative estimate of drug-likeness (QED) is 0.816. The summed E-state index contributed by atoms with van der Waals surface area (Å²) in [5.41, 5.74) is 3.06. The van der Waals surface area contributed by atoms with E-state index in [2.05, 4.69) is 33.8 Å². The molecule has 28 heavy (non-hydrogen) atoms. The maximum atomic E-state index is 13.3. The molecule has 2 aromatic rings. The molecule has 1 aromatic carbocycles. The van der Waals surface area contributed by atoms with Gasteiger partial charge in [0.1, 0.15) is 11.6 Å². The molecule has 2 aliphatic heterocycles. The van der Waals surface area contributed by atoms with Crippen molar-refractivity contribution in [3.63, 3.8) is 0 Å². The van der Waals surface area contributed by atoms with Crippen molar-refractivity contribution in [2.75, 3.05) is 56.2 Å². The van der Waals surface area contributed by atoms with Crippen LogP contribution in [0.15, 0.2) is 36.5 Å². The van der Waals surface area contributed by atoms with Crippen molar-refractivity contribution in [2.45, 2.75) is 19.8 Å². The number of nitrogens with zero attached hydrogens (tertiary/aromatic N) is 4. The molecular weight excluding hydrogens is 352 g/mol. The molecule has 1 amide bonds. The minimum absolute atomic E-state index is 0.142. The average Bonchev–Trinajstić information content (AvgIpc) is 3.28. The van der Waals surface area contributed by atoms with Gasteiger partial charge in [-0.15, -0.1) is 0 Å². The number of anilines is 2. The number of methoxy groups -OCH3 is 1. The van der Waals surface area contributed by atoms with Crippen molar-refractivity contribution in [1.82, 2.24) is 9.88 Å². The van der Waals surface area contributed by atoms with Crippen LogP contribution in [0, 0.1) is 6.92 Å². The molecule has 0 radical (unpaired) electrons. The predicted octanol–water partition coefficient (Wildman–Crippen LogP) is 2.96. The molecule has 3 heterocycles. The second kappa shape index (κ2) is 8.09. The van der Waals surface area contributed by atoms with Gasteiger partial charge < -0.3 is 19.4 Å². The molecule has 0 aliphatic carbocycles. The lowest BCUT2D eigenvalue weighted by Gasteiger charge is -2.36. The number of hydrogen-bond donors (Lipinski definition) is 0. The fourth-order valence-corrected chi connectivity index (χ4v) is 4.06. The lowest BCUT2D eigenvalue weighted by molar-refractivity contribution is 0.0747. The molecule has 0 N–H and O–H groups in total. The van der Waals surface area contributed by atoms with Crippen LogP contribution < -0.4 is 14.5 Å². The number of hydrogen-bond acceptors (Lipinski definition) is 5. The zero-order valence-electron chi connectivity index (χ0n) is 16.7. The van der Waals surface area contributed by atoms with Crippen LogP contribution >= 0.6 is 0 Å². The van der Waals surface area contributed by atoms with E-state index in [4.69, 9.17) is 4.74 Å². The number of ether oxygens (including phenoxy) is 1. The molecule has 0 bridgehead atoms. The average molecular weight is 380 g/mol. The number of pyridine rings is 1. The summed E-state index contributed by atoms with van der Waals surface area (Å²) in [6, 6.07) is 10.1. The lowest BCUT2D eigenvalue weighted by Crippen LogP contribution is -2.49. The highest BCUT2D eigenvalue weighted by Gasteiger charge is 2.26. The summed E-state index contributed by atoms with van der Waals surface area (Å²) in [7, 11) is 1.66. The number of aromatic nitrogens is 1. The van der Waals surface area contributed by atoms with Crippen LogP contribution in [-0.2, 0) is 0 Å². The number of amides is 1. The summed E-state index contributed by atoms with van der Waals surface area (Å²) in [5.74, 6) is 1.85. The molecule has 148 valence electrons. The smallest absolute Gasteiger partial charge is 0.256 e. The summed E-state index contributed by atoms with van der Waals surface area (Å²) in [6.45, 7) is 7.08. The molecule has 0 atom stereocenters. The maximum absolute atomic E-state index is 13.3. The van der Waals surface area contributed by atoms with Gasteiger partial charge in [-0.2, -0.15) is 0 Å². The summed E-state index contributed by atoms with van der Waals surface area (Å²) in [4.78, 5) is 24.3. The van der Waals surface area contributed by atoms with Crippen molar-refractivity contribution in [1.29, 1.82) is 0 Å². The summed E-state index contributed by atoms with van der Waals surface area (Å²) < 4.78 is 5.30. The molecule has 0 spiro atoms. The van der Waals surface area contributed by atoms with Crippen LogP contribution in [-0.4, -0.2) is 62.2 Å². The minimum Gasteiger partial charge on any atom is -0.497 e. The molecule has 0 saturated carbocycles. The monoisotopic (exact) mass is 380 g/mol. The van der Waals surface area contributed by atoms with Crippen LogP contribution in [0.3, 0.4) is 0 Å². The van der Waals surface area contributed by atoms with Gasteiger partial charge in [0.05, 0.1) is 12.7 Å². The van der Waals surface area contributed by atoms with Crippen molar-refractivity contribution in [3.8, 4) is 5.75 Å². The van der Waals surface area contributed by atoms with Crippen molar-refractivity contribution in [3.05, 3.63) is 47.7 Å². The summed E-state index contributed by atoms with van der Waals surface area (Å²) in [6.07, 6.45) is 4.17. The Hall–Kier alpha value is -2.76. The Labute approximate surface area is 166 Å².